The van der Waals surface area contributed by atoms with Crippen LogP contribution in [-0.4, -0.2) is 45.7 Å². The smallest absolute Gasteiger partial charge is 0.406 e. The predicted octanol–water partition coefficient (Wildman–Crippen LogP) is 4.20. The monoisotopic (exact) mass is 530 g/mol. The maximum atomic E-state index is 12.3. The van der Waals surface area contributed by atoms with Crippen LogP contribution < -0.4 is 20.9 Å². The molecule has 0 bridgehead atoms. The summed E-state index contributed by atoms with van der Waals surface area (Å²) in [5.74, 6) is 0.748. The number of benzene rings is 2. The highest BCUT2D eigenvalue weighted by Gasteiger charge is 2.31. The number of anilines is 1. The fourth-order valence-electron chi connectivity index (χ4n) is 3.70. The summed E-state index contributed by atoms with van der Waals surface area (Å²) in [5, 5.41) is 17.8. The number of fused-ring (bicyclic) bond motifs is 1. The normalized spacial score (nSPS) is 11.4. The molecule has 0 aliphatic carbocycles. The SMILES string of the molecule is O=C(CCCc1nc(-c2ccc(OC(F)(F)F)cc2)no1)NCCCCNc1n[nH]c(=O)c2ccccc12. The van der Waals surface area contributed by atoms with Gasteiger partial charge in [0.15, 0.2) is 5.82 Å². The van der Waals surface area contributed by atoms with Crippen molar-refractivity contribution in [3.05, 3.63) is 64.8 Å². The van der Waals surface area contributed by atoms with Crippen molar-refractivity contribution in [2.45, 2.75) is 38.5 Å². The Kier molecular flexibility index (Phi) is 8.56. The largest absolute Gasteiger partial charge is 0.573 e. The van der Waals surface area contributed by atoms with Gasteiger partial charge in [-0.3, -0.25) is 9.59 Å². The molecule has 0 aliphatic heterocycles. The molecule has 0 fully saturated rings. The van der Waals surface area contributed by atoms with E-state index >= 15 is 0 Å². The zero-order valence-corrected chi connectivity index (χ0v) is 20.2. The van der Waals surface area contributed by atoms with Gasteiger partial charge < -0.3 is 19.9 Å². The molecule has 0 aliphatic rings. The summed E-state index contributed by atoms with van der Waals surface area (Å²) < 4.78 is 45.8. The van der Waals surface area contributed by atoms with Gasteiger partial charge in [-0.25, -0.2) is 5.10 Å². The minimum atomic E-state index is -4.76. The van der Waals surface area contributed by atoms with Crippen molar-refractivity contribution in [1.82, 2.24) is 25.7 Å². The summed E-state index contributed by atoms with van der Waals surface area (Å²) in [6, 6.07) is 12.4. The van der Waals surface area contributed by atoms with Crippen LogP contribution in [0.15, 0.2) is 57.8 Å². The Morgan fingerprint density at radius 1 is 1.00 bits per heavy atom. The molecule has 0 atom stereocenters. The van der Waals surface area contributed by atoms with Crippen molar-refractivity contribution in [1.29, 1.82) is 0 Å². The summed E-state index contributed by atoms with van der Waals surface area (Å²) in [5.41, 5.74) is 0.243. The Balaban J connectivity index is 1.11. The number of unbranched alkanes of at least 4 members (excludes halogenated alkanes) is 1. The fraction of sp³-hybridized carbons (Fsp3) is 0.320. The molecule has 2 heterocycles. The number of nitrogens with one attached hydrogen (secondary N) is 3. The van der Waals surface area contributed by atoms with Crippen molar-refractivity contribution >= 4 is 22.5 Å². The van der Waals surface area contributed by atoms with Gasteiger partial charge in [0.05, 0.1) is 5.39 Å². The number of rotatable bonds is 12. The summed E-state index contributed by atoms with van der Waals surface area (Å²) in [7, 11) is 0. The molecule has 2 aromatic carbocycles. The minimum Gasteiger partial charge on any atom is -0.406 e. The number of carbonyl (C=O) groups excluding carboxylic acids is 1. The van der Waals surface area contributed by atoms with E-state index < -0.39 is 6.36 Å². The van der Waals surface area contributed by atoms with Crippen molar-refractivity contribution in [2.75, 3.05) is 18.4 Å². The predicted molar refractivity (Wildman–Crippen MR) is 132 cm³/mol. The van der Waals surface area contributed by atoms with Crippen LogP contribution in [0.25, 0.3) is 22.2 Å². The molecule has 0 radical (unpaired) electrons. The molecule has 4 aromatic rings. The molecule has 4 rings (SSSR count). The standard InChI is InChI=1S/C25H25F3N6O4/c26-25(27,28)37-17-12-10-16(11-13-17)22-31-21(38-34-22)9-5-8-20(35)29-14-3-4-15-30-23-18-6-1-2-7-19(18)24(36)33-32-23/h1-2,6-7,10-13H,3-5,8-9,14-15H2,(H,29,35)(H,30,32)(H,33,36). The maximum Gasteiger partial charge on any atom is 0.573 e. The number of aromatic amines is 1. The molecule has 0 spiro atoms. The van der Waals surface area contributed by atoms with Gasteiger partial charge in [-0.05, 0) is 49.6 Å². The third-order valence-corrected chi connectivity index (χ3v) is 5.52. The van der Waals surface area contributed by atoms with E-state index in [1.165, 1.54) is 24.3 Å². The topological polar surface area (TPSA) is 135 Å². The average molecular weight is 531 g/mol. The van der Waals surface area contributed by atoms with Gasteiger partial charge in [0.1, 0.15) is 5.75 Å². The van der Waals surface area contributed by atoms with Gasteiger partial charge in [0.25, 0.3) is 5.56 Å². The van der Waals surface area contributed by atoms with E-state index in [1.807, 2.05) is 12.1 Å². The van der Waals surface area contributed by atoms with Gasteiger partial charge >= 0.3 is 6.36 Å². The van der Waals surface area contributed by atoms with E-state index in [0.717, 1.165) is 18.2 Å². The third-order valence-electron chi connectivity index (χ3n) is 5.52. The van der Waals surface area contributed by atoms with Gasteiger partial charge in [0, 0.05) is 36.9 Å². The number of carbonyl (C=O) groups is 1. The molecule has 2 aromatic heterocycles. The summed E-state index contributed by atoms with van der Waals surface area (Å²) in [6.45, 7) is 1.16. The molecule has 0 saturated carbocycles. The third kappa shape index (κ3) is 7.54. The van der Waals surface area contributed by atoms with Crippen LogP contribution in [0.1, 0.15) is 31.6 Å². The van der Waals surface area contributed by atoms with E-state index in [0.29, 0.717) is 48.6 Å². The number of amides is 1. The zero-order valence-electron chi connectivity index (χ0n) is 20.2. The average Bonchev–Trinajstić information content (AvgIpc) is 3.36. The number of hydrogen-bond acceptors (Lipinski definition) is 8. The van der Waals surface area contributed by atoms with E-state index in [1.54, 1.807) is 12.1 Å². The molecular weight excluding hydrogens is 505 g/mol. The Hall–Kier alpha value is -4.42. The molecule has 38 heavy (non-hydrogen) atoms. The number of ether oxygens (including phenoxy) is 1. The number of halogens is 3. The Morgan fingerprint density at radius 3 is 2.50 bits per heavy atom. The molecule has 0 saturated heterocycles. The number of H-pyrrole nitrogens is 1. The number of alkyl halides is 3. The van der Waals surface area contributed by atoms with Crippen LogP contribution in [-0.2, 0) is 11.2 Å². The highest BCUT2D eigenvalue weighted by molar-refractivity contribution is 5.90. The van der Waals surface area contributed by atoms with Gasteiger partial charge in [-0.15, -0.1) is 13.2 Å². The molecule has 13 heteroatoms. The molecule has 10 nitrogen and oxygen atoms in total. The molecule has 200 valence electrons. The Labute approximate surface area is 214 Å². The van der Waals surface area contributed by atoms with Crippen LogP contribution in [0, 0.1) is 0 Å². The highest BCUT2D eigenvalue weighted by Crippen LogP contribution is 2.25. The summed E-state index contributed by atoms with van der Waals surface area (Å²) in [4.78, 5) is 28.2. The first kappa shape index (κ1) is 26.6. The Morgan fingerprint density at radius 2 is 1.74 bits per heavy atom. The summed E-state index contributed by atoms with van der Waals surface area (Å²) in [6.07, 6.45) is -2.03. The second-order valence-corrected chi connectivity index (χ2v) is 8.37. The maximum absolute atomic E-state index is 12.3. The number of hydrogen-bond donors (Lipinski definition) is 3. The lowest BCUT2D eigenvalue weighted by Crippen LogP contribution is -2.24. The minimum absolute atomic E-state index is 0.0914. The second-order valence-electron chi connectivity index (χ2n) is 8.37. The number of nitrogens with zero attached hydrogens (tertiary/aromatic N) is 3. The number of aromatic nitrogens is 4. The first-order chi connectivity index (χ1) is 18.3. The lowest BCUT2D eigenvalue weighted by molar-refractivity contribution is -0.274. The van der Waals surface area contributed by atoms with Crippen molar-refractivity contribution in [2.24, 2.45) is 0 Å². The van der Waals surface area contributed by atoms with Crippen molar-refractivity contribution < 1.29 is 27.2 Å². The first-order valence-corrected chi connectivity index (χ1v) is 12.0. The van der Waals surface area contributed by atoms with E-state index in [4.69, 9.17) is 4.52 Å². The lowest BCUT2D eigenvalue weighted by Gasteiger charge is -2.08. The van der Waals surface area contributed by atoms with E-state index in [2.05, 4.69) is 35.7 Å². The van der Waals surface area contributed by atoms with Gasteiger partial charge in [-0.2, -0.15) is 10.1 Å². The number of aryl methyl sites for hydroxylation is 1. The summed E-state index contributed by atoms with van der Waals surface area (Å²) >= 11 is 0. The Bertz CT molecular complexity index is 1420. The van der Waals surface area contributed by atoms with Gasteiger partial charge in [0.2, 0.25) is 17.6 Å². The van der Waals surface area contributed by atoms with Crippen LogP contribution in [0.4, 0.5) is 19.0 Å². The molecule has 1 amide bonds. The molecule has 3 N–H and O–H groups in total. The van der Waals surface area contributed by atoms with Crippen LogP contribution >= 0.6 is 0 Å². The van der Waals surface area contributed by atoms with E-state index in [-0.39, 0.29) is 29.5 Å². The second kappa shape index (κ2) is 12.2. The van der Waals surface area contributed by atoms with Crippen molar-refractivity contribution in [3.63, 3.8) is 0 Å². The van der Waals surface area contributed by atoms with Crippen LogP contribution in [0.5, 0.6) is 5.75 Å². The first-order valence-electron chi connectivity index (χ1n) is 12.0. The lowest BCUT2D eigenvalue weighted by atomic mass is 10.2. The zero-order chi connectivity index (χ0) is 27.0. The molecular formula is C25H25F3N6O4. The van der Waals surface area contributed by atoms with Crippen molar-refractivity contribution in [3.8, 4) is 17.1 Å². The molecule has 0 unspecified atom stereocenters. The quantitative estimate of drug-likeness (QED) is 0.232. The van der Waals surface area contributed by atoms with Crippen LogP contribution in [0.2, 0.25) is 0 Å². The highest BCUT2D eigenvalue weighted by atomic mass is 19.4. The fourth-order valence-corrected chi connectivity index (χ4v) is 3.70. The van der Waals surface area contributed by atoms with Crippen LogP contribution in [0.3, 0.4) is 0 Å². The van der Waals surface area contributed by atoms with Gasteiger partial charge in [-0.1, -0.05) is 23.4 Å². The van der Waals surface area contributed by atoms with E-state index in [9.17, 15) is 22.8 Å².